The summed E-state index contributed by atoms with van der Waals surface area (Å²) in [4.78, 5) is 25.1. The van der Waals surface area contributed by atoms with Crippen LogP contribution in [-0.4, -0.2) is 46.7 Å². The van der Waals surface area contributed by atoms with Crippen molar-refractivity contribution in [1.82, 2.24) is 4.90 Å². The van der Waals surface area contributed by atoms with Gasteiger partial charge >= 0.3 is 5.97 Å². The lowest BCUT2D eigenvalue weighted by molar-refractivity contribution is -0.159. The highest BCUT2D eigenvalue weighted by Crippen LogP contribution is 2.32. The molecule has 5 heteroatoms. The molecule has 5 nitrogen and oxygen atoms in total. The van der Waals surface area contributed by atoms with Crippen molar-refractivity contribution < 1.29 is 19.4 Å². The second-order valence-corrected chi connectivity index (χ2v) is 5.23. The molecule has 0 bridgehead atoms. The van der Waals surface area contributed by atoms with Crippen molar-refractivity contribution in [3.05, 3.63) is 0 Å². The van der Waals surface area contributed by atoms with Crippen LogP contribution in [0.1, 0.15) is 33.1 Å². The Morgan fingerprint density at radius 2 is 2.18 bits per heavy atom. The van der Waals surface area contributed by atoms with E-state index in [9.17, 15) is 14.7 Å². The van der Waals surface area contributed by atoms with E-state index in [0.717, 1.165) is 12.8 Å². The van der Waals surface area contributed by atoms with E-state index in [1.807, 2.05) is 6.92 Å². The Morgan fingerprint density at radius 1 is 1.47 bits per heavy atom. The third-order valence-corrected chi connectivity index (χ3v) is 3.89. The first-order valence-corrected chi connectivity index (χ1v) is 6.13. The molecule has 0 radical (unpaired) electrons. The molecule has 0 aromatic carbocycles. The summed E-state index contributed by atoms with van der Waals surface area (Å²) < 4.78 is 5.49. The maximum Gasteiger partial charge on any atom is 0.326 e. The monoisotopic (exact) mass is 241 g/mol. The van der Waals surface area contributed by atoms with Crippen LogP contribution in [0.25, 0.3) is 0 Å². The number of carbonyl (C=O) groups is 2. The molecule has 1 amide bonds. The molecule has 0 aromatic rings. The molecule has 1 N–H and O–H groups in total. The quantitative estimate of drug-likeness (QED) is 0.779. The molecule has 2 saturated heterocycles. The van der Waals surface area contributed by atoms with E-state index in [1.165, 1.54) is 4.90 Å². The lowest BCUT2D eigenvalue weighted by atomic mass is 9.99. The molecule has 0 saturated carbocycles. The summed E-state index contributed by atoms with van der Waals surface area (Å²) in [5, 5.41) is 9.20. The third kappa shape index (κ3) is 2.04. The number of hydrogen-bond acceptors (Lipinski definition) is 3. The average molecular weight is 241 g/mol. The van der Waals surface area contributed by atoms with Crippen molar-refractivity contribution in [3.63, 3.8) is 0 Å². The number of carboxylic acids is 1. The Bertz CT molecular complexity index is 335. The van der Waals surface area contributed by atoms with Gasteiger partial charge in [0.2, 0.25) is 0 Å². The van der Waals surface area contributed by atoms with Gasteiger partial charge < -0.3 is 14.7 Å². The minimum Gasteiger partial charge on any atom is -0.480 e. The molecule has 2 aliphatic rings. The van der Waals surface area contributed by atoms with E-state index >= 15 is 0 Å². The van der Waals surface area contributed by atoms with Crippen molar-refractivity contribution in [2.45, 2.75) is 44.8 Å². The van der Waals surface area contributed by atoms with Gasteiger partial charge in [-0.15, -0.1) is 0 Å². The molecule has 2 rings (SSSR count). The lowest BCUT2D eigenvalue weighted by Gasteiger charge is -2.31. The summed E-state index contributed by atoms with van der Waals surface area (Å²) in [5.41, 5.74) is -0.808. The fourth-order valence-electron chi connectivity index (χ4n) is 2.80. The number of nitrogens with zero attached hydrogens (tertiary/aromatic N) is 1. The number of ether oxygens (including phenoxy) is 1. The number of aliphatic carboxylic acids is 1. The van der Waals surface area contributed by atoms with Gasteiger partial charge in [-0.3, -0.25) is 4.79 Å². The predicted octanol–water partition coefficient (Wildman–Crippen LogP) is 0.877. The van der Waals surface area contributed by atoms with E-state index in [0.29, 0.717) is 19.6 Å². The van der Waals surface area contributed by atoms with Crippen LogP contribution in [0, 0.1) is 5.92 Å². The fourth-order valence-corrected chi connectivity index (χ4v) is 2.80. The molecule has 3 unspecified atom stereocenters. The molecule has 96 valence electrons. The Balaban J connectivity index is 2.16. The highest BCUT2D eigenvalue weighted by molar-refractivity contribution is 5.90. The first kappa shape index (κ1) is 12.4. The number of carbonyl (C=O) groups excluding carboxylic acids is 1. The van der Waals surface area contributed by atoms with Crippen LogP contribution in [-0.2, 0) is 14.3 Å². The van der Waals surface area contributed by atoms with Crippen LogP contribution in [0.2, 0.25) is 0 Å². The summed E-state index contributed by atoms with van der Waals surface area (Å²) >= 11 is 0. The lowest BCUT2D eigenvalue weighted by Crippen LogP contribution is -2.51. The molecule has 3 atom stereocenters. The minimum absolute atomic E-state index is 0.0152. The van der Waals surface area contributed by atoms with Crippen molar-refractivity contribution in [3.8, 4) is 0 Å². The zero-order chi connectivity index (χ0) is 12.6. The number of amides is 1. The number of rotatable bonds is 2. The maximum atomic E-state index is 12.4. The molecule has 2 fully saturated rings. The van der Waals surface area contributed by atoms with E-state index in [-0.39, 0.29) is 11.8 Å². The Kier molecular flexibility index (Phi) is 3.12. The van der Waals surface area contributed by atoms with Crippen molar-refractivity contribution in [1.29, 1.82) is 0 Å². The third-order valence-electron chi connectivity index (χ3n) is 3.89. The topological polar surface area (TPSA) is 66.8 Å². The molecule has 0 aliphatic carbocycles. The van der Waals surface area contributed by atoms with Gasteiger partial charge in [0, 0.05) is 13.2 Å². The van der Waals surface area contributed by atoms with Gasteiger partial charge in [-0.2, -0.15) is 0 Å². The van der Waals surface area contributed by atoms with Crippen LogP contribution in [0.15, 0.2) is 0 Å². The van der Waals surface area contributed by atoms with E-state index in [2.05, 4.69) is 0 Å². The van der Waals surface area contributed by atoms with E-state index in [1.54, 1.807) is 6.92 Å². The second kappa shape index (κ2) is 4.29. The van der Waals surface area contributed by atoms with Crippen molar-refractivity contribution in [2.75, 3.05) is 13.2 Å². The van der Waals surface area contributed by atoms with Crippen LogP contribution >= 0.6 is 0 Å². The predicted molar refractivity (Wildman–Crippen MR) is 60.5 cm³/mol. The Morgan fingerprint density at radius 3 is 2.71 bits per heavy atom. The summed E-state index contributed by atoms with van der Waals surface area (Å²) in [6.07, 6.45) is 2.30. The average Bonchev–Trinajstić information content (AvgIpc) is 2.84. The van der Waals surface area contributed by atoms with Crippen LogP contribution in [0.3, 0.4) is 0 Å². The highest BCUT2D eigenvalue weighted by Gasteiger charge is 2.47. The molecule has 2 aliphatic heterocycles. The van der Waals surface area contributed by atoms with Gasteiger partial charge in [0.1, 0.15) is 11.6 Å². The van der Waals surface area contributed by atoms with E-state index in [4.69, 9.17) is 4.74 Å². The standard InChI is InChI=1S/C12H19NO4/c1-8-4-6-13(9(8)10(14)15)11(16)12(2)5-3-7-17-12/h8-9H,3-7H2,1-2H3,(H,14,15). The van der Waals surface area contributed by atoms with Crippen LogP contribution in [0.5, 0.6) is 0 Å². The Labute approximate surface area is 101 Å². The zero-order valence-electron chi connectivity index (χ0n) is 10.3. The first-order valence-electron chi connectivity index (χ1n) is 6.13. The van der Waals surface area contributed by atoms with E-state index < -0.39 is 17.6 Å². The summed E-state index contributed by atoms with van der Waals surface area (Å²) in [6.45, 7) is 4.76. The van der Waals surface area contributed by atoms with Crippen LogP contribution in [0.4, 0.5) is 0 Å². The number of hydrogen-bond donors (Lipinski definition) is 1. The second-order valence-electron chi connectivity index (χ2n) is 5.23. The van der Waals surface area contributed by atoms with Gasteiger partial charge in [0.05, 0.1) is 0 Å². The molecule has 0 spiro atoms. The molecule has 17 heavy (non-hydrogen) atoms. The first-order chi connectivity index (χ1) is 7.96. The molecular formula is C12H19NO4. The summed E-state index contributed by atoms with van der Waals surface area (Å²) in [5.74, 6) is -1.06. The normalized spacial score (nSPS) is 37.4. The Hall–Kier alpha value is -1.10. The molecule has 2 heterocycles. The van der Waals surface area contributed by atoms with Gasteiger partial charge in [-0.05, 0) is 32.1 Å². The number of carboxylic acid groups (broad SMARTS) is 1. The maximum absolute atomic E-state index is 12.4. The molecule has 0 aromatic heterocycles. The highest BCUT2D eigenvalue weighted by atomic mass is 16.5. The van der Waals surface area contributed by atoms with Crippen molar-refractivity contribution >= 4 is 11.9 Å². The van der Waals surface area contributed by atoms with Gasteiger partial charge in [0.15, 0.2) is 0 Å². The SMILES string of the molecule is CC1CCN(C(=O)C2(C)CCCO2)C1C(=O)O. The zero-order valence-corrected chi connectivity index (χ0v) is 10.3. The number of likely N-dealkylation sites (tertiary alicyclic amines) is 1. The summed E-state index contributed by atoms with van der Waals surface area (Å²) in [7, 11) is 0. The van der Waals surface area contributed by atoms with Crippen LogP contribution < -0.4 is 0 Å². The molecular weight excluding hydrogens is 222 g/mol. The minimum atomic E-state index is -0.912. The van der Waals surface area contributed by atoms with Gasteiger partial charge in [0.25, 0.3) is 5.91 Å². The van der Waals surface area contributed by atoms with Gasteiger partial charge in [-0.1, -0.05) is 6.92 Å². The summed E-state index contributed by atoms with van der Waals surface area (Å²) in [6, 6.07) is -0.691. The smallest absolute Gasteiger partial charge is 0.326 e. The van der Waals surface area contributed by atoms with Crippen molar-refractivity contribution in [2.24, 2.45) is 5.92 Å². The largest absolute Gasteiger partial charge is 0.480 e. The van der Waals surface area contributed by atoms with Gasteiger partial charge in [-0.25, -0.2) is 4.79 Å². The fraction of sp³-hybridized carbons (Fsp3) is 0.833.